The van der Waals surface area contributed by atoms with Crippen LogP contribution in [0.15, 0.2) is 58.8 Å². The molecular weight excluding hydrogens is 434 g/mol. The van der Waals surface area contributed by atoms with Crippen LogP contribution in [0, 0.1) is 0 Å². The van der Waals surface area contributed by atoms with Crippen LogP contribution in [0.25, 0.3) is 0 Å². The first-order chi connectivity index (χ1) is 13.9. The van der Waals surface area contributed by atoms with Gasteiger partial charge in [-0.3, -0.25) is 9.52 Å². The van der Waals surface area contributed by atoms with E-state index in [1.807, 2.05) is 12.1 Å². The Kier molecular flexibility index (Phi) is 6.86. The lowest BCUT2D eigenvalue weighted by Crippen LogP contribution is -2.15. The van der Waals surface area contributed by atoms with Gasteiger partial charge in [-0.05, 0) is 48.4 Å². The molecule has 152 valence electrons. The molecule has 3 aromatic rings. The number of carbonyl (C=O) groups is 1. The summed E-state index contributed by atoms with van der Waals surface area (Å²) in [4.78, 5) is 16.4. The van der Waals surface area contributed by atoms with Crippen LogP contribution in [0.1, 0.15) is 11.3 Å². The van der Waals surface area contributed by atoms with Gasteiger partial charge in [0, 0.05) is 22.7 Å². The molecule has 0 bridgehead atoms. The number of aliphatic hydroxyl groups is 1. The molecule has 3 N–H and O–H groups in total. The summed E-state index contributed by atoms with van der Waals surface area (Å²) in [7, 11) is -3.78. The fraction of sp³-hybridized carbons (Fsp3) is 0.158. The molecule has 0 aliphatic rings. The first kappa shape index (κ1) is 21.3. The van der Waals surface area contributed by atoms with Gasteiger partial charge in [0.2, 0.25) is 5.91 Å². The van der Waals surface area contributed by atoms with Crippen molar-refractivity contribution in [1.29, 1.82) is 0 Å². The summed E-state index contributed by atoms with van der Waals surface area (Å²) in [5.74, 6) is -0.266. The molecule has 1 heterocycles. The zero-order chi connectivity index (χ0) is 20.9. The molecule has 0 aliphatic carbocycles. The smallest absolute Gasteiger partial charge is 0.263 e. The van der Waals surface area contributed by atoms with E-state index in [2.05, 4.69) is 15.0 Å². The molecule has 10 heteroatoms. The average Bonchev–Trinajstić information content (AvgIpc) is 3.09. The Morgan fingerprint density at radius 3 is 2.45 bits per heavy atom. The van der Waals surface area contributed by atoms with Crippen molar-refractivity contribution in [2.24, 2.45) is 0 Å². The Bertz CT molecular complexity index is 1080. The van der Waals surface area contributed by atoms with E-state index in [1.54, 1.807) is 17.5 Å². The Hall–Kier alpha value is -2.46. The third-order valence-corrected chi connectivity index (χ3v) is 6.42. The van der Waals surface area contributed by atoms with E-state index in [4.69, 9.17) is 16.7 Å². The molecule has 7 nitrogen and oxygen atoms in total. The third-order valence-electron chi connectivity index (χ3n) is 3.88. The molecule has 29 heavy (non-hydrogen) atoms. The van der Waals surface area contributed by atoms with Gasteiger partial charge in [-0.2, -0.15) is 0 Å². The van der Waals surface area contributed by atoms with Gasteiger partial charge < -0.3 is 10.4 Å². The van der Waals surface area contributed by atoms with Gasteiger partial charge in [-0.1, -0.05) is 23.7 Å². The highest BCUT2D eigenvalue weighted by Crippen LogP contribution is 2.22. The number of rotatable bonds is 8. The molecule has 3 rings (SSSR count). The number of sulfonamides is 1. The van der Waals surface area contributed by atoms with E-state index < -0.39 is 10.0 Å². The quantitative estimate of drug-likeness (QED) is 0.487. The van der Waals surface area contributed by atoms with Gasteiger partial charge in [0.1, 0.15) is 0 Å². The number of thiazole rings is 1. The maximum Gasteiger partial charge on any atom is 0.263 e. The number of hydrogen-bond acceptors (Lipinski definition) is 6. The summed E-state index contributed by atoms with van der Waals surface area (Å²) < 4.78 is 27.2. The van der Waals surface area contributed by atoms with Crippen LogP contribution >= 0.6 is 22.9 Å². The van der Waals surface area contributed by atoms with Gasteiger partial charge in [0.15, 0.2) is 5.13 Å². The number of amides is 1. The minimum atomic E-state index is -3.78. The number of halogens is 1. The van der Waals surface area contributed by atoms with Crippen LogP contribution < -0.4 is 10.0 Å². The minimum absolute atomic E-state index is 0.0115. The molecular formula is C19H18ClN3O4S2. The number of nitrogens with zero attached hydrogens (tertiary/aromatic N) is 1. The summed E-state index contributed by atoms with van der Waals surface area (Å²) in [6, 6.07) is 13.0. The standard InChI is InChI=1S/C19H18ClN3O4S2/c20-14-3-7-17(8-4-14)29(26,27)23-19-22-16(12-28-19)11-18(25)21-15-5-1-13(2-6-15)9-10-24/h1-8,12,24H,9-11H2,(H,21,25)(H,22,23). The SMILES string of the molecule is O=C(Cc1csc(NS(=O)(=O)c2ccc(Cl)cc2)n1)Nc1ccc(CCO)cc1. The number of aliphatic hydroxyl groups excluding tert-OH is 1. The lowest BCUT2D eigenvalue weighted by atomic mass is 10.1. The molecule has 1 amide bonds. The molecule has 0 radical (unpaired) electrons. The van der Waals surface area contributed by atoms with E-state index in [1.165, 1.54) is 24.3 Å². The zero-order valence-electron chi connectivity index (χ0n) is 15.1. The lowest BCUT2D eigenvalue weighted by molar-refractivity contribution is -0.115. The number of hydrogen-bond donors (Lipinski definition) is 3. The molecule has 0 spiro atoms. The molecule has 1 aromatic heterocycles. The molecule has 0 unspecified atom stereocenters. The first-order valence-corrected chi connectivity index (χ1v) is 11.3. The van der Waals surface area contributed by atoms with Crippen LogP contribution in [0.4, 0.5) is 10.8 Å². The summed E-state index contributed by atoms with van der Waals surface area (Å²) >= 11 is 6.88. The maximum absolute atomic E-state index is 12.4. The summed E-state index contributed by atoms with van der Waals surface area (Å²) in [6.07, 6.45) is 0.569. The molecule has 0 aliphatic heterocycles. The van der Waals surface area contributed by atoms with Crippen LogP contribution in [0.2, 0.25) is 5.02 Å². The number of carbonyl (C=O) groups excluding carboxylic acids is 1. The largest absolute Gasteiger partial charge is 0.396 e. The minimum Gasteiger partial charge on any atom is -0.396 e. The van der Waals surface area contributed by atoms with Crippen molar-refractivity contribution in [2.75, 3.05) is 16.6 Å². The second kappa shape index (κ2) is 9.36. The number of benzene rings is 2. The van der Waals surface area contributed by atoms with E-state index in [0.717, 1.165) is 16.9 Å². The van der Waals surface area contributed by atoms with E-state index in [9.17, 15) is 13.2 Å². The second-order valence-corrected chi connectivity index (χ2v) is 9.08. The normalized spacial score (nSPS) is 11.2. The summed E-state index contributed by atoms with van der Waals surface area (Å²) in [5.41, 5.74) is 2.07. The van der Waals surface area contributed by atoms with Crippen LogP contribution in [-0.4, -0.2) is 31.0 Å². The Labute approximate surface area is 177 Å². The molecule has 0 saturated heterocycles. The third kappa shape index (κ3) is 6.01. The van der Waals surface area contributed by atoms with Crippen molar-refractivity contribution >= 4 is 49.7 Å². The number of aromatic nitrogens is 1. The Morgan fingerprint density at radius 1 is 1.10 bits per heavy atom. The summed E-state index contributed by atoms with van der Waals surface area (Å²) in [6.45, 7) is 0.0691. The van der Waals surface area contributed by atoms with Crippen molar-refractivity contribution in [1.82, 2.24) is 4.98 Å². The van der Waals surface area contributed by atoms with Crippen molar-refractivity contribution in [3.8, 4) is 0 Å². The Balaban J connectivity index is 1.59. The van der Waals surface area contributed by atoms with Crippen molar-refractivity contribution < 1.29 is 18.3 Å². The molecule has 0 saturated carbocycles. The molecule has 0 atom stereocenters. The van der Waals surface area contributed by atoms with Gasteiger partial charge in [0.25, 0.3) is 10.0 Å². The topological polar surface area (TPSA) is 108 Å². The van der Waals surface area contributed by atoms with Gasteiger partial charge in [-0.25, -0.2) is 13.4 Å². The zero-order valence-corrected chi connectivity index (χ0v) is 17.5. The summed E-state index contributed by atoms with van der Waals surface area (Å²) in [5, 5.41) is 13.9. The van der Waals surface area contributed by atoms with Crippen LogP contribution in [0.5, 0.6) is 0 Å². The molecule has 2 aromatic carbocycles. The average molecular weight is 452 g/mol. The van der Waals surface area contributed by atoms with Crippen molar-refractivity contribution in [3.05, 3.63) is 70.2 Å². The maximum atomic E-state index is 12.4. The van der Waals surface area contributed by atoms with Crippen LogP contribution in [0.3, 0.4) is 0 Å². The van der Waals surface area contributed by atoms with Gasteiger partial charge in [-0.15, -0.1) is 11.3 Å². The van der Waals surface area contributed by atoms with E-state index in [-0.39, 0.29) is 29.0 Å². The highest BCUT2D eigenvalue weighted by Gasteiger charge is 2.17. The fourth-order valence-electron chi connectivity index (χ4n) is 2.48. The number of anilines is 2. The van der Waals surface area contributed by atoms with Crippen molar-refractivity contribution in [2.45, 2.75) is 17.7 Å². The van der Waals surface area contributed by atoms with E-state index in [0.29, 0.717) is 22.8 Å². The predicted octanol–water partition coefficient (Wildman–Crippen LogP) is 3.31. The molecule has 0 fully saturated rings. The van der Waals surface area contributed by atoms with Crippen molar-refractivity contribution in [3.63, 3.8) is 0 Å². The highest BCUT2D eigenvalue weighted by molar-refractivity contribution is 7.93. The van der Waals surface area contributed by atoms with Crippen LogP contribution in [-0.2, 0) is 27.7 Å². The fourth-order valence-corrected chi connectivity index (χ4v) is 4.57. The second-order valence-electron chi connectivity index (χ2n) is 6.10. The predicted molar refractivity (Wildman–Crippen MR) is 114 cm³/mol. The van der Waals surface area contributed by atoms with Gasteiger partial charge in [0.05, 0.1) is 17.0 Å². The number of nitrogens with one attached hydrogen (secondary N) is 2. The lowest BCUT2D eigenvalue weighted by Gasteiger charge is -2.06. The monoisotopic (exact) mass is 451 g/mol. The first-order valence-electron chi connectivity index (χ1n) is 8.58. The Morgan fingerprint density at radius 2 is 1.79 bits per heavy atom. The van der Waals surface area contributed by atoms with E-state index >= 15 is 0 Å². The highest BCUT2D eigenvalue weighted by atomic mass is 35.5. The van der Waals surface area contributed by atoms with Gasteiger partial charge >= 0.3 is 0 Å².